The first-order chi connectivity index (χ1) is 16.8. The fourth-order valence-electron chi connectivity index (χ4n) is 3.80. The average molecular weight is 546 g/mol. The third kappa shape index (κ3) is 6.34. The van der Waals surface area contributed by atoms with E-state index in [4.69, 9.17) is 14.2 Å². The highest BCUT2D eigenvalue weighted by Crippen LogP contribution is 2.27. The number of hydrogen-bond donors (Lipinski definition) is 0. The predicted molar refractivity (Wildman–Crippen MR) is 130 cm³/mol. The SMILES string of the molecule is CC#CCOc1ccc(S(=O)(=O)N(C)CC(C(=O)OC)(C(=O)OC)N2CCN(S(C)(=O)=O)CC2)cc1. The summed E-state index contributed by atoms with van der Waals surface area (Å²) in [5, 5.41) is 0. The lowest BCUT2D eigenvalue weighted by molar-refractivity contribution is -0.174. The molecule has 200 valence electrons. The molecule has 1 aliphatic heterocycles. The Morgan fingerprint density at radius 3 is 1.97 bits per heavy atom. The van der Waals surface area contributed by atoms with Crippen molar-refractivity contribution >= 4 is 32.0 Å². The molecule has 0 bridgehead atoms. The third-order valence-corrected chi connectivity index (χ3v) is 8.89. The van der Waals surface area contributed by atoms with Crippen LogP contribution in [0.5, 0.6) is 5.75 Å². The number of methoxy groups -OCH3 is 2. The van der Waals surface area contributed by atoms with Crippen LogP contribution in [0.4, 0.5) is 0 Å². The van der Waals surface area contributed by atoms with Gasteiger partial charge < -0.3 is 14.2 Å². The van der Waals surface area contributed by atoms with Gasteiger partial charge in [0.1, 0.15) is 12.4 Å². The fraction of sp³-hybridized carbons (Fsp3) is 0.545. The van der Waals surface area contributed by atoms with Gasteiger partial charge in [-0.1, -0.05) is 5.92 Å². The molecule has 12 nitrogen and oxygen atoms in total. The molecule has 0 N–H and O–H groups in total. The molecule has 2 rings (SSSR count). The molecule has 0 radical (unpaired) electrons. The largest absolute Gasteiger partial charge is 0.481 e. The smallest absolute Gasteiger partial charge is 0.339 e. The van der Waals surface area contributed by atoms with Crippen molar-refractivity contribution in [1.82, 2.24) is 13.5 Å². The van der Waals surface area contributed by atoms with Crippen molar-refractivity contribution in [3.05, 3.63) is 24.3 Å². The van der Waals surface area contributed by atoms with Gasteiger partial charge in [0.05, 0.1) is 31.9 Å². The second-order valence-corrected chi connectivity index (χ2v) is 12.0. The monoisotopic (exact) mass is 545 g/mol. The van der Waals surface area contributed by atoms with Gasteiger partial charge in [0.2, 0.25) is 25.6 Å². The van der Waals surface area contributed by atoms with Crippen molar-refractivity contribution in [3.63, 3.8) is 0 Å². The normalized spacial score (nSPS) is 15.6. The number of nitrogens with zero attached hydrogens (tertiary/aromatic N) is 3. The van der Waals surface area contributed by atoms with Crippen molar-refractivity contribution in [3.8, 4) is 17.6 Å². The lowest BCUT2D eigenvalue weighted by atomic mass is 9.96. The number of rotatable bonds is 10. The Bertz CT molecular complexity index is 1200. The van der Waals surface area contributed by atoms with E-state index in [0.29, 0.717) is 5.75 Å². The molecule has 1 fully saturated rings. The summed E-state index contributed by atoms with van der Waals surface area (Å²) in [6.45, 7) is 1.12. The number of hydrogen-bond acceptors (Lipinski definition) is 10. The first-order valence-electron chi connectivity index (χ1n) is 10.8. The number of carbonyl (C=O) groups excluding carboxylic acids is 2. The van der Waals surface area contributed by atoms with E-state index in [9.17, 15) is 26.4 Å². The van der Waals surface area contributed by atoms with Crippen LogP contribution in [-0.2, 0) is 39.1 Å². The Kier molecular flexibility index (Phi) is 9.86. The lowest BCUT2D eigenvalue weighted by Gasteiger charge is -2.44. The molecule has 1 aliphatic rings. The van der Waals surface area contributed by atoms with Crippen LogP contribution in [0.15, 0.2) is 29.2 Å². The molecule has 1 aromatic carbocycles. The van der Waals surface area contributed by atoms with Crippen LogP contribution >= 0.6 is 0 Å². The Morgan fingerprint density at radius 1 is 1.00 bits per heavy atom. The molecule has 0 aliphatic carbocycles. The molecule has 0 spiro atoms. The van der Waals surface area contributed by atoms with Crippen LogP contribution in [0.1, 0.15) is 6.92 Å². The zero-order valence-electron chi connectivity index (χ0n) is 20.9. The first-order valence-corrected chi connectivity index (χ1v) is 14.1. The van der Waals surface area contributed by atoms with Gasteiger partial charge >= 0.3 is 11.9 Å². The van der Waals surface area contributed by atoms with Gasteiger partial charge in [-0.15, -0.1) is 5.92 Å². The summed E-state index contributed by atoms with van der Waals surface area (Å²) >= 11 is 0. The van der Waals surface area contributed by atoms with Gasteiger partial charge in [-0.3, -0.25) is 4.90 Å². The van der Waals surface area contributed by atoms with E-state index in [1.54, 1.807) is 6.92 Å². The number of benzene rings is 1. The van der Waals surface area contributed by atoms with E-state index in [0.717, 1.165) is 24.8 Å². The molecule has 1 saturated heterocycles. The quantitative estimate of drug-likeness (QED) is 0.212. The highest BCUT2D eigenvalue weighted by atomic mass is 32.2. The number of carbonyl (C=O) groups is 2. The molecular weight excluding hydrogens is 514 g/mol. The molecule has 1 aromatic rings. The standard InChI is InChI=1S/C22H31N3O9S2/c1-6-7-16-34-18-8-10-19(11-9-18)36(30,31)23(2)17-22(20(26)32-3,21(27)33-4)24-12-14-25(15-13-24)35(5,28)29/h8-11H,12-17H2,1-5H3. The topological polar surface area (TPSA) is 140 Å². The van der Waals surface area contributed by atoms with E-state index in [-0.39, 0.29) is 37.7 Å². The molecule has 0 aromatic heterocycles. The van der Waals surface area contributed by atoms with Gasteiger partial charge in [-0.25, -0.2) is 26.4 Å². The average Bonchev–Trinajstić information content (AvgIpc) is 2.86. The Labute approximate surface area is 212 Å². The summed E-state index contributed by atoms with van der Waals surface area (Å²) in [5.41, 5.74) is -2.16. The van der Waals surface area contributed by atoms with Crippen LogP contribution in [0.3, 0.4) is 0 Å². The van der Waals surface area contributed by atoms with Gasteiger partial charge in [0, 0.05) is 33.2 Å². The first kappa shape index (κ1) is 29.5. The van der Waals surface area contributed by atoms with Gasteiger partial charge in [-0.05, 0) is 31.2 Å². The summed E-state index contributed by atoms with van der Waals surface area (Å²) in [5.74, 6) is 3.79. The Morgan fingerprint density at radius 2 is 1.53 bits per heavy atom. The van der Waals surface area contributed by atoms with E-state index >= 15 is 0 Å². The van der Waals surface area contributed by atoms with Crippen molar-refractivity contribution < 1.29 is 40.6 Å². The van der Waals surface area contributed by atoms with Crippen LogP contribution < -0.4 is 4.74 Å². The highest BCUT2D eigenvalue weighted by Gasteiger charge is 2.56. The van der Waals surface area contributed by atoms with Crippen molar-refractivity contribution in [2.75, 3.05) is 66.9 Å². The minimum absolute atomic E-state index is 0.00505. The van der Waals surface area contributed by atoms with Gasteiger partial charge in [0.15, 0.2) is 0 Å². The van der Waals surface area contributed by atoms with Crippen molar-refractivity contribution in [1.29, 1.82) is 0 Å². The number of likely N-dealkylation sites (N-methyl/N-ethyl adjacent to an activating group) is 1. The predicted octanol–water partition coefficient (Wildman–Crippen LogP) is -0.629. The van der Waals surface area contributed by atoms with Crippen molar-refractivity contribution in [2.24, 2.45) is 0 Å². The molecule has 0 saturated carbocycles. The van der Waals surface area contributed by atoms with Gasteiger partial charge in [-0.2, -0.15) is 8.61 Å². The summed E-state index contributed by atoms with van der Waals surface area (Å²) in [7, 11) is -4.29. The maximum Gasteiger partial charge on any atom is 0.339 e. The van der Waals surface area contributed by atoms with E-state index < -0.39 is 44.1 Å². The van der Waals surface area contributed by atoms with Crippen LogP contribution in [-0.4, -0.2) is 115 Å². The van der Waals surface area contributed by atoms with E-state index in [2.05, 4.69) is 11.8 Å². The van der Waals surface area contributed by atoms with E-state index in [1.807, 2.05) is 0 Å². The zero-order chi connectivity index (χ0) is 27.1. The van der Waals surface area contributed by atoms with Gasteiger partial charge in [0.25, 0.3) is 0 Å². The lowest BCUT2D eigenvalue weighted by Crippen LogP contribution is -2.69. The van der Waals surface area contributed by atoms with Crippen LogP contribution in [0.25, 0.3) is 0 Å². The summed E-state index contributed by atoms with van der Waals surface area (Å²) in [6.07, 6.45) is 1.06. The van der Waals surface area contributed by atoms with Crippen molar-refractivity contribution in [2.45, 2.75) is 17.4 Å². The second-order valence-electron chi connectivity index (χ2n) is 7.94. The maximum absolute atomic E-state index is 13.3. The number of sulfonamides is 2. The molecule has 0 atom stereocenters. The molecule has 1 heterocycles. The Hall–Kier alpha value is -2.70. The molecule has 36 heavy (non-hydrogen) atoms. The summed E-state index contributed by atoms with van der Waals surface area (Å²) in [4.78, 5) is 27.4. The molecule has 0 amide bonds. The second kappa shape index (κ2) is 12.0. The molecule has 14 heteroatoms. The zero-order valence-corrected chi connectivity index (χ0v) is 22.5. The van der Waals surface area contributed by atoms with E-state index in [1.165, 1.54) is 40.5 Å². The minimum atomic E-state index is -4.17. The minimum Gasteiger partial charge on any atom is -0.481 e. The number of esters is 2. The summed E-state index contributed by atoms with van der Waals surface area (Å²) < 4.78 is 67.7. The number of piperazine rings is 1. The van der Waals surface area contributed by atoms with Crippen LogP contribution in [0.2, 0.25) is 0 Å². The maximum atomic E-state index is 13.3. The molecule has 0 unspecified atom stereocenters. The van der Waals surface area contributed by atoms with Crippen LogP contribution in [0, 0.1) is 11.8 Å². The highest BCUT2D eigenvalue weighted by molar-refractivity contribution is 7.89. The number of ether oxygens (including phenoxy) is 3. The Balaban J connectivity index is 2.39. The third-order valence-electron chi connectivity index (χ3n) is 5.76. The fourth-order valence-corrected chi connectivity index (χ4v) is 5.82. The molecular formula is C22H31N3O9S2. The summed E-state index contributed by atoms with van der Waals surface area (Å²) in [6, 6.07) is 5.61.